The molecule has 0 aliphatic rings. The lowest BCUT2D eigenvalue weighted by Crippen LogP contribution is -2.00. The average molecular weight is 177 g/mol. The fourth-order valence-corrected chi connectivity index (χ4v) is 2.02. The molecule has 66 valence electrons. The van der Waals surface area contributed by atoms with Gasteiger partial charge in [-0.2, -0.15) is 4.89 Å². The summed E-state index contributed by atoms with van der Waals surface area (Å²) in [5, 5.41) is 0. The van der Waals surface area contributed by atoms with Gasteiger partial charge in [0.1, 0.15) is 0 Å². The highest BCUT2D eigenvalue weighted by Crippen LogP contribution is 2.30. The van der Waals surface area contributed by atoms with Gasteiger partial charge in [0, 0.05) is 0 Å². The Bertz CT molecular complexity index is 115. The first kappa shape index (κ1) is 11.1. The molecule has 0 spiro atoms. The van der Waals surface area contributed by atoms with Gasteiger partial charge in [-0.3, -0.25) is 0 Å². The Morgan fingerprint density at radius 1 is 1.27 bits per heavy atom. The third-order valence-corrected chi connectivity index (χ3v) is 2.97. The summed E-state index contributed by atoms with van der Waals surface area (Å²) >= 11 is 0. The van der Waals surface area contributed by atoms with E-state index in [9.17, 15) is 4.57 Å². The van der Waals surface area contributed by atoms with Gasteiger partial charge in [0.15, 0.2) is 5.66 Å². The first-order valence-electron chi connectivity index (χ1n) is 4.37. The lowest BCUT2D eigenvalue weighted by molar-refractivity contribution is 0.472. The maximum atomic E-state index is 10.7. The molecule has 0 aliphatic carbocycles. The molecule has 0 aromatic heterocycles. The standard InChI is InChI=1S/C8H17O2P/c1-3-5-7-8(6-4-2)11(9)10/h8H,3-7H2,1-2H3/p+1. The van der Waals surface area contributed by atoms with E-state index >= 15 is 0 Å². The van der Waals surface area contributed by atoms with Crippen molar-refractivity contribution >= 4 is 8.03 Å². The lowest BCUT2D eigenvalue weighted by Gasteiger charge is -2.00. The van der Waals surface area contributed by atoms with E-state index in [-0.39, 0.29) is 5.66 Å². The molecule has 0 fully saturated rings. The van der Waals surface area contributed by atoms with Crippen LogP contribution in [0, 0.1) is 0 Å². The molecule has 0 heterocycles. The molecule has 2 unspecified atom stereocenters. The first-order chi connectivity index (χ1) is 5.22. The first-order valence-corrected chi connectivity index (χ1v) is 5.65. The van der Waals surface area contributed by atoms with E-state index in [0.29, 0.717) is 0 Å². The Balaban J connectivity index is 3.60. The number of unbranched alkanes of at least 4 members (excludes halogenated alkanes) is 1. The second kappa shape index (κ2) is 6.75. The molecule has 1 N–H and O–H groups in total. The van der Waals surface area contributed by atoms with E-state index in [2.05, 4.69) is 13.8 Å². The van der Waals surface area contributed by atoms with Gasteiger partial charge >= 0.3 is 8.03 Å². The summed E-state index contributed by atoms with van der Waals surface area (Å²) in [6, 6.07) is 0. The molecule has 0 bridgehead atoms. The van der Waals surface area contributed by atoms with Crippen LogP contribution in [0.15, 0.2) is 0 Å². The van der Waals surface area contributed by atoms with E-state index < -0.39 is 8.03 Å². The Hall–Kier alpha value is 0.0600. The Morgan fingerprint density at radius 3 is 2.27 bits per heavy atom. The van der Waals surface area contributed by atoms with Crippen molar-refractivity contribution < 1.29 is 9.46 Å². The van der Waals surface area contributed by atoms with E-state index in [4.69, 9.17) is 4.89 Å². The normalized spacial score (nSPS) is 14.6. The van der Waals surface area contributed by atoms with Gasteiger partial charge in [-0.25, -0.2) is 0 Å². The molecule has 0 aromatic rings. The molecule has 0 aromatic carbocycles. The maximum Gasteiger partial charge on any atom is 0.508 e. The van der Waals surface area contributed by atoms with Crippen molar-refractivity contribution in [2.24, 2.45) is 0 Å². The Morgan fingerprint density at radius 2 is 1.91 bits per heavy atom. The quantitative estimate of drug-likeness (QED) is 0.633. The van der Waals surface area contributed by atoms with Crippen LogP contribution in [0.3, 0.4) is 0 Å². The topological polar surface area (TPSA) is 37.3 Å². The lowest BCUT2D eigenvalue weighted by atomic mass is 10.1. The van der Waals surface area contributed by atoms with Gasteiger partial charge in [-0.1, -0.05) is 26.7 Å². The molecule has 0 amide bonds. The summed E-state index contributed by atoms with van der Waals surface area (Å²) in [7, 11) is -1.93. The van der Waals surface area contributed by atoms with Crippen LogP contribution in [0.25, 0.3) is 0 Å². The van der Waals surface area contributed by atoms with Crippen molar-refractivity contribution in [3.05, 3.63) is 0 Å². The molecule has 0 rings (SSSR count). The van der Waals surface area contributed by atoms with Crippen molar-refractivity contribution in [2.45, 2.75) is 51.6 Å². The van der Waals surface area contributed by atoms with Crippen LogP contribution in [0.4, 0.5) is 0 Å². The van der Waals surface area contributed by atoms with Crippen molar-refractivity contribution in [1.82, 2.24) is 0 Å². The number of hydrogen-bond acceptors (Lipinski definition) is 1. The minimum Gasteiger partial charge on any atom is -0.161 e. The highest BCUT2D eigenvalue weighted by Gasteiger charge is 2.26. The predicted molar refractivity (Wildman–Crippen MR) is 48.0 cm³/mol. The third kappa shape index (κ3) is 5.34. The average Bonchev–Trinajstić information content (AvgIpc) is 1.97. The highest BCUT2D eigenvalue weighted by molar-refractivity contribution is 7.38. The van der Waals surface area contributed by atoms with Crippen molar-refractivity contribution in [3.8, 4) is 0 Å². The molecule has 3 heteroatoms. The molecule has 0 saturated carbocycles. The fraction of sp³-hybridized carbons (Fsp3) is 1.00. The van der Waals surface area contributed by atoms with Crippen molar-refractivity contribution in [3.63, 3.8) is 0 Å². The van der Waals surface area contributed by atoms with Crippen LogP contribution >= 0.6 is 8.03 Å². The molecule has 0 aliphatic heterocycles. The number of hydrogen-bond donors (Lipinski definition) is 1. The van der Waals surface area contributed by atoms with Gasteiger partial charge in [0.05, 0.1) is 0 Å². The molecule has 0 radical (unpaired) electrons. The van der Waals surface area contributed by atoms with Crippen molar-refractivity contribution in [1.29, 1.82) is 0 Å². The molecule has 2 nitrogen and oxygen atoms in total. The maximum absolute atomic E-state index is 10.7. The van der Waals surface area contributed by atoms with Crippen LogP contribution in [0.2, 0.25) is 0 Å². The Kier molecular flexibility index (Phi) is 6.79. The second-order valence-electron chi connectivity index (χ2n) is 2.89. The molecular formula is C8H18O2P+. The SMILES string of the molecule is CCCCC(CCC)[P+](=O)O. The minimum atomic E-state index is -1.93. The van der Waals surface area contributed by atoms with Crippen molar-refractivity contribution in [2.75, 3.05) is 0 Å². The molecule has 2 atom stereocenters. The molecule has 11 heavy (non-hydrogen) atoms. The van der Waals surface area contributed by atoms with Crippen LogP contribution in [-0.4, -0.2) is 10.6 Å². The fourth-order valence-electron chi connectivity index (χ4n) is 1.14. The van der Waals surface area contributed by atoms with Gasteiger partial charge < -0.3 is 0 Å². The van der Waals surface area contributed by atoms with E-state index in [0.717, 1.165) is 32.1 Å². The molecule has 0 saturated heterocycles. The summed E-state index contributed by atoms with van der Waals surface area (Å²) < 4.78 is 10.7. The summed E-state index contributed by atoms with van der Waals surface area (Å²) in [5.74, 6) is 0. The zero-order valence-electron chi connectivity index (χ0n) is 7.42. The van der Waals surface area contributed by atoms with Crippen LogP contribution in [0.5, 0.6) is 0 Å². The van der Waals surface area contributed by atoms with E-state index in [1.807, 2.05) is 0 Å². The second-order valence-corrected chi connectivity index (χ2v) is 4.22. The zero-order valence-corrected chi connectivity index (χ0v) is 8.31. The van der Waals surface area contributed by atoms with Crippen LogP contribution in [0.1, 0.15) is 46.0 Å². The Labute approximate surface area is 69.9 Å². The zero-order chi connectivity index (χ0) is 8.69. The van der Waals surface area contributed by atoms with Gasteiger partial charge in [0.25, 0.3) is 0 Å². The van der Waals surface area contributed by atoms with E-state index in [1.54, 1.807) is 0 Å². The summed E-state index contributed by atoms with van der Waals surface area (Å²) in [6.45, 7) is 4.16. The summed E-state index contributed by atoms with van der Waals surface area (Å²) in [4.78, 5) is 8.88. The largest absolute Gasteiger partial charge is 0.508 e. The smallest absolute Gasteiger partial charge is 0.161 e. The third-order valence-electron chi connectivity index (χ3n) is 1.83. The predicted octanol–water partition coefficient (Wildman–Crippen LogP) is 3.08. The highest BCUT2D eigenvalue weighted by atomic mass is 31.1. The molecular weight excluding hydrogens is 159 g/mol. The van der Waals surface area contributed by atoms with Gasteiger partial charge in [-0.05, 0) is 23.8 Å². The van der Waals surface area contributed by atoms with Gasteiger partial charge in [-0.15, -0.1) is 0 Å². The minimum absolute atomic E-state index is 0.0509. The monoisotopic (exact) mass is 177 g/mol. The summed E-state index contributed by atoms with van der Waals surface area (Å²) in [5.41, 5.74) is 0.0509. The van der Waals surface area contributed by atoms with Crippen LogP contribution in [-0.2, 0) is 4.57 Å². The number of rotatable bonds is 6. The summed E-state index contributed by atoms with van der Waals surface area (Å²) in [6.07, 6.45) is 5.01. The van der Waals surface area contributed by atoms with Crippen LogP contribution < -0.4 is 0 Å². The van der Waals surface area contributed by atoms with E-state index in [1.165, 1.54) is 0 Å². The van der Waals surface area contributed by atoms with Gasteiger partial charge in [0.2, 0.25) is 0 Å².